The van der Waals surface area contributed by atoms with Crippen LogP contribution in [0.1, 0.15) is 11.1 Å². The van der Waals surface area contributed by atoms with Gasteiger partial charge < -0.3 is 4.74 Å². The second-order valence-electron chi connectivity index (χ2n) is 7.08. The number of rotatable bonds is 4. The summed E-state index contributed by atoms with van der Waals surface area (Å²) in [6.07, 6.45) is 5.49. The number of aromatic nitrogens is 2. The number of halogens is 1. The molecule has 1 aromatic heterocycles. The van der Waals surface area contributed by atoms with E-state index in [1.807, 2.05) is 97.2 Å². The standard InChI is InChI=1S/C26H17ClN2O2/c27-22-13-11-19(12-14-22)25-21(17-29(28-25)23-9-5-2-6-10-23)15-20-16-24(31-26(20)30)18-7-3-1-4-8-18/h1-17H/b20-15+. The van der Waals surface area contributed by atoms with E-state index in [9.17, 15) is 4.79 Å². The van der Waals surface area contributed by atoms with Crippen molar-refractivity contribution in [2.45, 2.75) is 0 Å². The number of benzene rings is 3. The Hall–Kier alpha value is -3.89. The fourth-order valence-corrected chi connectivity index (χ4v) is 3.57. The van der Waals surface area contributed by atoms with Gasteiger partial charge in [0.1, 0.15) is 5.76 Å². The Kier molecular flexibility index (Phi) is 4.98. The van der Waals surface area contributed by atoms with Crippen LogP contribution >= 0.6 is 11.6 Å². The average molecular weight is 425 g/mol. The van der Waals surface area contributed by atoms with Crippen LogP contribution in [0.25, 0.3) is 28.8 Å². The molecule has 0 saturated heterocycles. The molecule has 4 nitrogen and oxygen atoms in total. The minimum Gasteiger partial charge on any atom is -0.422 e. The number of hydrogen-bond acceptors (Lipinski definition) is 3. The van der Waals surface area contributed by atoms with Crippen molar-refractivity contribution in [2.24, 2.45) is 0 Å². The first-order chi connectivity index (χ1) is 15.2. The Morgan fingerprint density at radius 3 is 2.23 bits per heavy atom. The number of hydrogen-bond donors (Lipinski definition) is 0. The highest BCUT2D eigenvalue weighted by Crippen LogP contribution is 2.31. The summed E-state index contributed by atoms with van der Waals surface area (Å²) in [4.78, 5) is 12.5. The van der Waals surface area contributed by atoms with Crippen molar-refractivity contribution >= 4 is 29.4 Å². The molecule has 4 aromatic rings. The van der Waals surface area contributed by atoms with E-state index in [1.165, 1.54) is 0 Å². The summed E-state index contributed by atoms with van der Waals surface area (Å²) in [5, 5.41) is 5.43. The van der Waals surface area contributed by atoms with Gasteiger partial charge in [-0.15, -0.1) is 0 Å². The van der Waals surface area contributed by atoms with Crippen LogP contribution in [-0.4, -0.2) is 15.7 Å². The molecule has 1 aliphatic rings. The third-order valence-electron chi connectivity index (χ3n) is 4.98. The molecule has 5 rings (SSSR count). The zero-order chi connectivity index (χ0) is 21.2. The SMILES string of the molecule is O=C1OC(c2ccccc2)=C/C1=C\c1cn(-c2ccccc2)nc1-c1ccc(Cl)cc1. The van der Waals surface area contributed by atoms with E-state index in [0.717, 1.165) is 28.1 Å². The second-order valence-corrected chi connectivity index (χ2v) is 7.52. The minimum absolute atomic E-state index is 0.381. The number of esters is 1. The molecule has 1 aliphatic heterocycles. The maximum Gasteiger partial charge on any atom is 0.343 e. The molecule has 0 amide bonds. The lowest BCUT2D eigenvalue weighted by molar-refractivity contribution is -0.130. The number of cyclic esters (lactones) is 1. The summed E-state index contributed by atoms with van der Waals surface area (Å²) in [6.45, 7) is 0. The fourth-order valence-electron chi connectivity index (χ4n) is 3.44. The number of para-hydroxylation sites is 1. The number of carbonyl (C=O) groups is 1. The molecule has 0 spiro atoms. The van der Waals surface area contributed by atoms with Gasteiger partial charge >= 0.3 is 5.97 Å². The molecule has 0 N–H and O–H groups in total. The largest absolute Gasteiger partial charge is 0.422 e. The van der Waals surface area contributed by atoms with E-state index >= 15 is 0 Å². The van der Waals surface area contributed by atoms with Gasteiger partial charge in [0, 0.05) is 27.9 Å². The smallest absolute Gasteiger partial charge is 0.343 e. The Morgan fingerprint density at radius 1 is 0.839 bits per heavy atom. The van der Waals surface area contributed by atoms with E-state index in [-0.39, 0.29) is 5.97 Å². The van der Waals surface area contributed by atoms with Crippen LogP contribution in [0.2, 0.25) is 5.02 Å². The molecule has 0 unspecified atom stereocenters. The van der Waals surface area contributed by atoms with Crippen LogP contribution in [0.5, 0.6) is 0 Å². The number of carbonyl (C=O) groups excluding carboxylic acids is 1. The van der Waals surface area contributed by atoms with Crippen LogP contribution in [0.4, 0.5) is 0 Å². The molecule has 31 heavy (non-hydrogen) atoms. The molecule has 0 atom stereocenters. The molecule has 0 bridgehead atoms. The zero-order valence-electron chi connectivity index (χ0n) is 16.4. The third kappa shape index (κ3) is 3.93. The molecule has 0 aliphatic carbocycles. The summed E-state index contributed by atoms with van der Waals surface area (Å²) >= 11 is 6.06. The number of ether oxygens (including phenoxy) is 1. The van der Waals surface area contributed by atoms with Crippen LogP contribution in [-0.2, 0) is 9.53 Å². The third-order valence-corrected chi connectivity index (χ3v) is 5.23. The lowest BCUT2D eigenvalue weighted by Crippen LogP contribution is -1.97. The van der Waals surface area contributed by atoms with Crippen molar-refractivity contribution in [2.75, 3.05) is 0 Å². The second kappa shape index (κ2) is 8.09. The summed E-state index contributed by atoms with van der Waals surface area (Å²) in [5.41, 5.74) is 4.73. The summed E-state index contributed by atoms with van der Waals surface area (Å²) in [7, 11) is 0. The van der Waals surface area contributed by atoms with Crippen molar-refractivity contribution in [1.82, 2.24) is 9.78 Å². The molecule has 2 heterocycles. The predicted molar refractivity (Wildman–Crippen MR) is 122 cm³/mol. The first kappa shape index (κ1) is 19.1. The normalized spacial score (nSPS) is 14.5. The maximum atomic E-state index is 12.5. The van der Waals surface area contributed by atoms with Gasteiger partial charge in [-0.25, -0.2) is 9.48 Å². The van der Waals surface area contributed by atoms with Gasteiger partial charge in [-0.05, 0) is 36.4 Å². The average Bonchev–Trinajstić information content (AvgIpc) is 3.40. The quantitative estimate of drug-likeness (QED) is 0.290. The van der Waals surface area contributed by atoms with Gasteiger partial charge in [-0.1, -0.05) is 72.3 Å². The van der Waals surface area contributed by atoms with Crippen molar-refractivity contribution in [3.63, 3.8) is 0 Å². The first-order valence-electron chi connectivity index (χ1n) is 9.79. The van der Waals surface area contributed by atoms with Gasteiger partial charge in [0.2, 0.25) is 0 Å². The molecular weight excluding hydrogens is 408 g/mol. The van der Waals surface area contributed by atoms with Gasteiger partial charge in [-0.3, -0.25) is 0 Å². The number of nitrogens with zero attached hydrogens (tertiary/aromatic N) is 2. The lowest BCUT2D eigenvalue weighted by Gasteiger charge is -2.01. The molecule has 0 radical (unpaired) electrons. The van der Waals surface area contributed by atoms with Gasteiger partial charge in [0.05, 0.1) is 17.0 Å². The minimum atomic E-state index is -0.381. The van der Waals surface area contributed by atoms with Crippen LogP contribution in [0, 0.1) is 0 Å². The van der Waals surface area contributed by atoms with Gasteiger partial charge in [0.25, 0.3) is 0 Å². The van der Waals surface area contributed by atoms with E-state index in [2.05, 4.69) is 0 Å². The Balaban J connectivity index is 1.61. The Labute approximate surface area is 184 Å². The topological polar surface area (TPSA) is 44.1 Å². The fraction of sp³-hybridized carbons (Fsp3) is 0. The monoisotopic (exact) mass is 424 g/mol. The molecule has 5 heteroatoms. The highest BCUT2D eigenvalue weighted by molar-refractivity contribution is 6.30. The van der Waals surface area contributed by atoms with Crippen molar-refractivity contribution in [1.29, 1.82) is 0 Å². The van der Waals surface area contributed by atoms with E-state index in [4.69, 9.17) is 21.4 Å². The molecular formula is C26H17ClN2O2. The van der Waals surface area contributed by atoms with Gasteiger partial charge in [-0.2, -0.15) is 5.10 Å². The summed E-state index contributed by atoms with van der Waals surface area (Å²) in [5.74, 6) is 0.161. The molecule has 0 saturated carbocycles. The highest BCUT2D eigenvalue weighted by Gasteiger charge is 2.23. The lowest BCUT2D eigenvalue weighted by atomic mass is 10.1. The molecule has 150 valence electrons. The highest BCUT2D eigenvalue weighted by atomic mass is 35.5. The Bertz CT molecular complexity index is 1300. The van der Waals surface area contributed by atoms with Crippen molar-refractivity contribution in [3.05, 3.63) is 119 Å². The van der Waals surface area contributed by atoms with Crippen LogP contribution in [0.3, 0.4) is 0 Å². The van der Waals surface area contributed by atoms with E-state index in [1.54, 1.807) is 10.8 Å². The first-order valence-corrected chi connectivity index (χ1v) is 10.2. The van der Waals surface area contributed by atoms with E-state index < -0.39 is 0 Å². The van der Waals surface area contributed by atoms with Gasteiger partial charge in [0.15, 0.2) is 0 Å². The predicted octanol–water partition coefficient (Wildman–Crippen LogP) is 6.17. The maximum absolute atomic E-state index is 12.5. The van der Waals surface area contributed by atoms with E-state index in [0.29, 0.717) is 16.4 Å². The Morgan fingerprint density at radius 2 is 1.52 bits per heavy atom. The summed E-state index contributed by atoms with van der Waals surface area (Å²) < 4.78 is 7.30. The summed E-state index contributed by atoms with van der Waals surface area (Å²) in [6, 6.07) is 26.9. The van der Waals surface area contributed by atoms with Crippen LogP contribution < -0.4 is 0 Å². The van der Waals surface area contributed by atoms with Crippen molar-refractivity contribution < 1.29 is 9.53 Å². The van der Waals surface area contributed by atoms with Crippen LogP contribution in [0.15, 0.2) is 103 Å². The molecule has 0 fully saturated rings. The zero-order valence-corrected chi connectivity index (χ0v) is 17.2. The van der Waals surface area contributed by atoms with Crippen molar-refractivity contribution in [3.8, 4) is 16.9 Å². The molecule has 3 aromatic carbocycles.